The zero-order chi connectivity index (χ0) is 23.7. The van der Waals surface area contributed by atoms with E-state index in [0.717, 1.165) is 31.5 Å². The smallest absolute Gasteiger partial charge is 0.282 e. The molecule has 2 aromatic rings. The molecule has 2 aliphatic heterocycles. The third-order valence-electron chi connectivity index (χ3n) is 6.28. The maximum atomic E-state index is 13.9. The van der Waals surface area contributed by atoms with Gasteiger partial charge < -0.3 is 19.1 Å². The van der Waals surface area contributed by atoms with Gasteiger partial charge in [0.05, 0.1) is 32.6 Å². The number of aryl methyl sites for hydroxylation is 1. The number of hydrogen-bond donors (Lipinski definition) is 0. The number of carbonyl (C=O) groups is 2. The summed E-state index contributed by atoms with van der Waals surface area (Å²) >= 11 is 0. The summed E-state index contributed by atoms with van der Waals surface area (Å²) in [5, 5.41) is 0. The Balaban J connectivity index is 1.89. The van der Waals surface area contributed by atoms with Crippen molar-refractivity contribution in [1.29, 1.82) is 0 Å². The van der Waals surface area contributed by atoms with E-state index in [-0.39, 0.29) is 11.8 Å². The van der Waals surface area contributed by atoms with E-state index in [9.17, 15) is 9.59 Å². The lowest BCUT2D eigenvalue weighted by molar-refractivity contribution is -0.120. The first kappa shape index (κ1) is 22.7. The molecule has 0 saturated carbocycles. The van der Waals surface area contributed by atoms with Crippen molar-refractivity contribution in [3.63, 3.8) is 0 Å². The minimum atomic E-state index is -0.371. The Labute approximate surface area is 194 Å². The average molecular weight is 451 g/mol. The van der Waals surface area contributed by atoms with Crippen molar-refractivity contribution in [2.75, 3.05) is 39.3 Å². The van der Waals surface area contributed by atoms with E-state index in [0.29, 0.717) is 45.7 Å². The number of carbonyl (C=O) groups excluding carboxylic acids is 2. The van der Waals surface area contributed by atoms with Crippen LogP contribution in [0.15, 0.2) is 42.1 Å². The summed E-state index contributed by atoms with van der Waals surface area (Å²) in [7, 11) is 4.65. The van der Waals surface area contributed by atoms with E-state index in [4.69, 9.17) is 14.2 Å². The topological polar surface area (TPSA) is 68.3 Å². The Kier molecular flexibility index (Phi) is 6.31. The highest BCUT2D eigenvalue weighted by molar-refractivity contribution is 6.45. The second-order valence-electron chi connectivity index (χ2n) is 8.61. The number of likely N-dealkylation sites (tertiary alicyclic amines) is 1. The maximum Gasteiger partial charge on any atom is 0.282 e. The standard InChI is InChI=1S/C26H30N2O5/c1-16-8-10-20(31-3)19(13-16)28-25(29)23(18-9-11-21(32-4)22(14-18)33-5)24(26(28)30)27-12-6-7-17(2)15-27/h8-11,13-14,17H,6-7,12,15H2,1-5H3. The van der Waals surface area contributed by atoms with E-state index >= 15 is 0 Å². The molecule has 0 radical (unpaired) electrons. The lowest BCUT2D eigenvalue weighted by atomic mass is 9.97. The van der Waals surface area contributed by atoms with Crippen molar-refractivity contribution in [3.8, 4) is 17.2 Å². The lowest BCUT2D eigenvalue weighted by Crippen LogP contribution is -2.39. The molecule has 0 aromatic heterocycles. The van der Waals surface area contributed by atoms with Gasteiger partial charge in [-0.1, -0.05) is 19.1 Å². The van der Waals surface area contributed by atoms with Gasteiger partial charge in [0.15, 0.2) is 11.5 Å². The van der Waals surface area contributed by atoms with Crippen LogP contribution in [0.25, 0.3) is 5.57 Å². The summed E-state index contributed by atoms with van der Waals surface area (Å²) in [6.45, 7) is 5.55. The second-order valence-corrected chi connectivity index (χ2v) is 8.61. The summed E-state index contributed by atoms with van der Waals surface area (Å²) in [6, 6.07) is 10.8. The summed E-state index contributed by atoms with van der Waals surface area (Å²) in [6.07, 6.45) is 2.08. The zero-order valence-corrected chi connectivity index (χ0v) is 19.8. The molecule has 1 unspecified atom stereocenters. The fraction of sp³-hybridized carbons (Fsp3) is 0.385. The van der Waals surface area contributed by atoms with E-state index in [2.05, 4.69) is 11.8 Å². The predicted molar refractivity (Wildman–Crippen MR) is 127 cm³/mol. The molecule has 2 aliphatic rings. The molecule has 1 saturated heterocycles. The fourth-order valence-corrected chi connectivity index (χ4v) is 4.65. The molecule has 2 heterocycles. The highest BCUT2D eigenvalue weighted by Crippen LogP contribution is 2.41. The van der Waals surface area contributed by atoms with Crippen molar-refractivity contribution in [2.24, 2.45) is 5.92 Å². The Hall–Kier alpha value is -3.48. The van der Waals surface area contributed by atoms with Gasteiger partial charge in [-0.15, -0.1) is 0 Å². The van der Waals surface area contributed by atoms with Crippen LogP contribution < -0.4 is 19.1 Å². The van der Waals surface area contributed by atoms with Crippen LogP contribution in [0.4, 0.5) is 5.69 Å². The van der Waals surface area contributed by atoms with Gasteiger partial charge in [0.1, 0.15) is 11.4 Å². The normalized spacial score (nSPS) is 18.8. The molecule has 2 aromatic carbocycles. The van der Waals surface area contributed by atoms with E-state index < -0.39 is 0 Å². The number of amides is 2. The summed E-state index contributed by atoms with van der Waals surface area (Å²) < 4.78 is 16.3. The molecule has 0 spiro atoms. The van der Waals surface area contributed by atoms with Crippen LogP contribution in [-0.2, 0) is 9.59 Å². The molecular formula is C26H30N2O5. The second kappa shape index (κ2) is 9.17. The summed E-state index contributed by atoms with van der Waals surface area (Å²) in [5.41, 5.74) is 2.80. The van der Waals surface area contributed by atoms with E-state index in [1.807, 2.05) is 19.1 Å². The molecule has 7 nitrogen and oxygen atoms in total. The number of benzene rings is 2. The van der Waals surface area contributed by atoms with Crippen molar-refractivity contribution >= 4 is 23.1 Å². The largest absolute Gasteiger partial charge is 0.495 e. The first-order valence-corrected chi connectivity index (χ1v) is 11.1. The minimum absolute atomic E-state index is 0.331. The van der Waals surface area contributed by atoms with Crippen LogP contribution in [0.3, 0.4) is 0 Å². The van der Waals surface area contributed by atoms with Gasteiger partial charge in [0.2, 0.25) is 0 Å². The van der Waals surface area contributed by atoms with Crippen molar-refractivity contribution in [3.05, 3.63) is 53.2 Å². The quantitative estimate of drug-likeness (QED) is 0.619. The number of rotatable bonds is 6. The number of methoxy groups -OCH3 is 3. The van der Waals surface area contributed by atoms with Gasteiger partial charge in [-0.2, -0.15) is 0 Å². The molecule has 174 valence electrons. The van der Waals surface area contributed by atoms with Crippen LogP contribution in [0.2, 0.25) is 0 Å². The van der Waals surface area contributed by atoms with Crippen LogP contribution >= 0.6 is 0 Å². The number of ether oxygens (including phenoxy) is 3. The first-order valence-electron chi connectivity index (χ1n) is 11.1. The highest BCUT2D eigenvalue weighted by Gasteiger charge is 2.44. The van der Waals surface area contributed by atoms with Gasteiger partial charge in [0.25, 0.3) is 11.8 Å². The SMILES string of the molecule is COc1ccc(C2=C(N3CCCC(C)C3)C(=O)N(c3cc(C)ccc3OC)C2=O)cc1OC. The predicted octanol–water partition coefficient (Wildman–Crippen LogP) is 4.04. The van der Waals surface area contributed by atoms with Crippen LogP contribution in [-0.4, -0.2) is 51.1 Å². The van der Waals surface area contributed by atoms with Gasteiger partial charge >= 0.3 is 0 Å². The molecule has 0 bridgehead atoms. The van der Waals surface area contributed by atoms with Gasteiger partial charge in [0, 0.05) is 13.1 Å². The lowest BCUT2D eigenvalue weighted by Gasteiger charge is -2.33. The van der Waals surface area contributed by atoms with Gasteiger partial charge in [-0.3, -0.25) is 9.59 Å². The molecule has 1 atom stereocenters. The van der Waals surface area contributed by atoms with E-state index in [1.165, 1.54) is 12.0 Å². The minimum Gasteiger partial charge on any atom is -0.495 e. The first-order chi connectivity index (χ1) is 15.9. The average Bonchev–Trinajstić information content (AvgIpc) is 3.08. The van der Waals surface area contributed by atoms with Gasteiger partial charge in [-0.25, -0.2) is 4.90 Å². The zero-order valence-electron chi connectivity index (χ0n) is 19.8. The maximum absolute atomic E-state index is 13.9. The molecule has 7 heteroatoms. The molecule has 33 heavy (non-hydrogen) atoms. The number of hydrogen-bond acceptors (Lipinski definition) is 6. The Morgan fingerprint density at radius 1 is 0.879 bits per heavy atom. The fourth-order valence-electron chi connectivity index (χ4n) is 4.65. The molecule has 2 amide bonds. The van der Waals surface area contributed by atoms with Crippen molar-refractivity contribution in [1.82, 2.24) is 4.90 Å². The summed E-state index contributed by atoms with van der Waals surface area (Å²) in [5.74, 6) is 1.27. The monoisotopic (exact) mass is 450 g/mol. The van der Waals surface area contributed by atoms with Crippen LogP contribution in [0.1, 0.15) is 30.9 Å². The summed E-state index contributed by atoms with van der Waals surface area (Å²) in [4.78, 5) is 31.0. The highest BCUT2D eigenvalue weighted by atomic mass is 16.5. The van der Waals surface area contributed by atoms with Gasteiger partial charge in [-0.05, 0) is 61.1 Å². The molecule has 4 rings (SSSR count). The molecule has 1 fully saturated rings. The Morgan fingerprint density at radius 3 is 2.24 bits per heavy atom. The Bertz CT molecular complexity index is 1120. The molecular weight excluding hydrogens is 420 g/mol. The molecule has 0 aliphatic carbocycles. The number of piperidine rings is 1. The van der Waals surface area contributed by atoms with E-state index in [1.54, 1.807) is 38.5 Å². The van der Waals surface area contributed by atoms with Crippen LogP contribution in [0.5, 0.6) is 17.2 Å². The van der Waals surface area contributed by atoms with Crippen molar-refractivity contribution in [2.45, 2.75) is 26.7 Å². The third kappa shape index (κ3) is 4.03. The van der Waals surface area contributed by atoms with Crippen molar-refractivity contribution < 1.29 is 23.8 Å². The number of imide groups is 1. The number of nitrogens with zero attached hydrogens (tertiary/aromatic N) is 2. The molecule has 0 N–H and O–H groups in total. The third-order valence-corrected chi connectivity index (χ3v) is 6.28. The number of anilines is 1. The van der Waals surface area contributed by atoms with Crippen LogP contribution in [0, 0.1) is 12.8 Å². The Morgan fingerprint density at radius 2 is 1.58 bits per heavy atom.